The molecular weight excluding hydrogens is 250 g/mol. The minimum Gasteiger partial charge on any atom is -0.466 e. The number of anilines is 1. The summed E-state index contributed by atoms with van der Waals surface area (Å²) in [5.74, 6) is 1.15. The number of carbonyl (C=O) groups is 1. The lowest BCUT2D eigenvalue weighted by molar-refractivity contribution is -0.145. The minimum atomic E-state index is -0.0173. The highest BCUT2D eigenvalue weighted by Crippen LogP contribution is 2.42. The lowest BCUT2D eigenvalue weighted by Crippen LogP contribution is -2.52. The van der Waals surface area contributed by atoms with Gasteiger partial charge in [0, 0.05) is 24.7 Å². The zero-order chi connectivity index (χ0) is 13.9. The van der Waals surface area contributed by atoms with Crippen molar-refractivity contribution in [2.24, 2.45) is 11.8 Å². The molecular formula is C17H23NO2. The number of esters is 1. The Kier molecular flexibility index (Phi) is 3.95. The van der Waals surface area contributed by atoms with Crippen molar-refractivity contribution in [2.75, 3.05) is 18.1 Å². The smallest absolute Gasteiger partial charge is 0.306 e. The van der Waals surface area contributed by atoms with Crippen molar-refractivity contribution in [3.8, 4) is 0 Å². The SMILES string of the molecule is CCOC(=O)CC1CC2CCC1CN2c1ccccc1. The molecule has 3 heteroatoms. The number of benzene rings is 1. The third kappa shape index (κ3) is 2.67. The fourth-order valence-electron chi connectivity index (χ4n) is 3.85. The van der Waals surface area contributed by atoms with Crippen LogP contribution in [0.4, 0.5) is 5.69 Å². The molecule has 0 N–H and O–H groups in total. The third-order valence-corrected chi connectivity index (χ3v) is 4.81. The van der Waals surface area contributed by atoms with E-state index in [-0.39, 0.29) is 5.97 Å². The molecule has 3 atom stereocenters. The average Bonchev–Trinajstić information content (AvgIpc) is 2.49. The molecule has 1 aromatic carbocycles. The van der Waals surface area contributed by atoms with Crippen LogP contribution in [0.2, 0.25) is 0 Å². The van der Waals surface area contributed by atoms with Crippen LogP contribution in [0.1, 0.15) is 32.6 Å². The highest BCUT2D eigenvalue weighted by molar-refractivity contribution is 5.69. The van der Waals surface area contributed by atoms with Gasteiger partial charge in [-0.1, -0.05) is 18.2 Å². The molecule has 20 heavy (non-hydrogen) atoms. The van der Waals surface area contributed by atoms with E-state index in [0.29, 0.717) is 30.9 Å². The second kappa shape index (κ2) is 5.86. The number of para-hydroxylation sites is 1. The number of ether oxygens (including phenoxy) is 1. The lowest BCUT2D eigenvalue weighted by Gasteiger charge is -2.50. The Balaban J connectivity index is 1.66. The van der Waals surface area contributed by atoms with Gasteiger partial charge in [0.05, 0.1) is 6.61 Å². The Morgan fingerprint density at radius 2 is 2.10 bits per heavy atom. The van der Waals surface area contributed by atoms with E-state index < -0.39 is 0 Å². The average molecular weight is 273 g/mol. The zero-order valence-corrected chi connectivity index (χ0v) is 12.1. The molecule has 1 aromatic rings. The first-order chi connectivity index (χ1) is 9.78. The van der Waals surface area contributed by atoms with Crippen LogP contribution < -0.4 is 4.90 Å². The number of hydrogen-bond donors (Lipinski definition) is 0. The van der Waals surface area contributed by atoms with Gasteiger partial charge in [-0.25, -0.2) is 0 Å². The highest BCUT2D eigenvalue weighted by atomic mass is 16.5. The Hall–Kier alpha value is -1.51. The highest BCUT2D eigenvalue weighted by Gasteiger charge is 2.41. The van der Waals surface area contributed by atoms with Crippen molar-refractivity contribution in [3.63, 3.8) is 0 Å². The molecule has 108 valence electrons. The van der Waals surface area contributed by atoms with Crippen molar-refractivity contribution < 1.29 is 9.53 Å². The maximum Gasteiger partial charge on any atom is 0.306 e. The molecule has 3 aliphatic rings. The predicted octanol–water partition coefficient (Wildman–Crippen LogP) is 3.24. The van der Waals surface area contributed by atoms with E-state index in [4.69, 9.17) is 4.74 Å². The largest absolute Gasteiger partial charge is 0.466 e. The first-order valence-corrected chi connectivity index (χ1v) is 7.75. The van der Waals surface area contributed by atoms with Gasteiger partial charge in [0.1, 0.15) is 0 Å². The Labute approximate surface area is 120 Å². The number of piperidine rings is 2. The molecule has 2 aliphatic heterocycles. The number of rotatable bonds is 4. The number of fused-ring (bicyclic) bond motifs is 3. The van der Waals surface area contributed by atoms with E-state index in [9.17, 15) is 4.79 Å². The molecule has 0 radical (unpaired) electrons. The van der Waals surface area contributed by atoms with Crippen LogP contribution in [0, 0.1) is 11.8 Å². The van der Waals surface area contributed by atoms with Gasteiger partial charge < -0.3 is 9.64 Å². The van der Waals surface area contributed by atoms with E-state index in [1.165, 1.54) is 18.5 Å². The second-order valence-electron chi connectivity index (χ2n) is 5.98. The van der Waals surface area contributed by atoms with Crippen LogP contribution in [0.25, 0.3) is 0 Å². The van der Waals surface area contributed by atoms with Gasteiger partial charge in [-0.05, 0) is 50.2 Å². The van der Waals surface area contributed by atoms with Crippen molar-refractivity contribution in [1.82, 2.24) is 0 Å². The van der Waals surface area contributed by atoms with E-state index in [1.807, 2.05) is 6.92 Å². The molecule has 0 spiro atoms. The summed E-state index contributed by atoms with van der Waals surface area (Å²) >= 11 is 0. The summed E-state index contributed by atoms with van der Waals surface area (Å²) in [4.78, 5) is 14.2. The maximum atomic E-state index is 11.7. The standard InChI is InChI=1S/C17H23NO2/c1-2-20-17(19)11-14-10-16-9-8-13(14)12-18(16)15-6-4-3-5-7-15/h3-7,13-14,16H,2,8-12H2,1H3. The van der Waals surface area contributed by atoms with Gasteiger partial charge in [-0.2, -0.15) is 0 Å². The van der Waals surface area contributed by atoms with Crippen LogP contribution in [0.15, 0.2) is 30.3 Å². The first kappa shape index (κ1) is 13.5. The molecule has 3 unspecified atom stereocenters. The van der Waals surface area contributed by atoms with E-state index in [0.717, 1.165) is 13.0 Å². The summed E-state index contributed by atoms with van der Waals surface area (Å²) in [7, 11) is 0. The molecule has 0 aromatic heterocycles. The Morgan fingerprint density at radius 1 is 1.30 bits per heavy atom. The number of hydrogen-bond acceptors (Lipinski definition) is 3. The lowest BCUT2D eigenvalue weighted by atomic mass is 9.70. The summed E-state index contributed by atoms with van der Waals surface area (Å²) in [5, 5.41) is 0. The van der Waals surface area contributed by atoms with Gasteiger partial charge in [0.15, 0.2) is 0 Å². The summed E-state index contributed by atoms with van der Waals surface area (Å²) in [5.41, 5.74) is 1.33. The molecule has 4 rings (SSSR count). The fraction of sp³-hybridized carbons (Fsp3) is 0.588. The second-order valence-corrected chi connectivity index (χ2v) is 5.98. The Morgan fingerprint density at radius 3 is 2.75 bits per heavy atom. The quantitative estimate of drug-likeness (QED) is 0.789. The summed E-state index contributed by atoms with van der Waals surface area (Å²) in [6, 6.07) is 11.3. The van der Waals surface area contributed by atoms with Gasteiger partial charge >= 0.3 is 5.97 Å². The molecule has 1 saturated carbocycles. The van der Waals surface area contributed by atoms with E-state index in [1.54, 1.807) is 0 Å². The van der Waals surface area contributed by atoms with Crippen molar-refractivity contribution in [3.05, 3.63) is 30.3 Å². The predicted molar refractivity (Wildman–Crippen MR) is 79.7 cm³/mol. The summed E-state index contributed by atoms with van der Waals surface area (Å²) < 4.78 is 5.11. The van der Waals surface area contributed by atoms with Crippen molar-refractivity contribution in [2.45, 2.75) is 38.6 Å². The first-order valence-electron chi connectivity index (χ1n) is 7.75. The molecule has 0 amide bonds. The number of nitrogens with zero attached hydrogens (tertiary/aromatic N) is 1. The van der Waals surface area contributed by atoms with Gasteiger partial charge in [-0.3, -0.25) is 4.79 Å². The van der Waals surface area contributed by atoms with Crippen LogP contribution in [-0.2, 0) is 9.53 Å². The molecule has 3 fully saturated rings. The molecule has 2 bridgehead atoms. The van der Waals surface area contributed by atoms with Gasteiger partial charge in [0.25, 0.3) is 0 Å². The zero-order valence-electron chi connectivity index (χ0n) is 12.1. The third-order valence-electron chi connectivity index (χ3n) is 4.81. The van der Waals surface area contributed by atoms with Crippen LogP contribution >= 0.6 is 0 Å². The minimum absolute atomic E-state index is 0.0173. The van der Waals surface area contributed by atoms with Crippen LogP contribution in [0.3, 0.4) is 0 Å². The monoisotopic (exact) mass is 273 g/mol. The molecule has 2 heterocycles. The number of carbonyl (C=O) groups excluding carboxylic acids is 1. The maximum absolute atomic E-state index is 11.7. The summed E-state index contributed by atoms with van der Waals surface area (Å²) in [6.45, 7) is 3.47. The normalized spacial score (nSPS) is 28.4. The van der Waals surface area contributed by atoms with Gasteiger partial charge in [-0.15, -0.1) is 0 Å². The molecule has 3 nitrogen and oxygen atoms in total. The summed E-state index contributed by atoms with van der Waals surface area (Å²) in [6.07, 6.45) is 4.27. The van der Waals surface area contributed by atoms with Gasteiger partial charge in [0.2, 0.25) is 0 Å². The molecule has 2 saturated heterocycles. The van der Waals surface area contributed by atoms with Crippen molar-refractivity contribution in [1.29, 1.82) is 0 Å². The van der Waals surface area contributed by atoms with Crippen LogP contribution in [0.5, 0.6) is 0 Å². The van der Waals surface area contributed by atoms with E-state index in [2.05, 4.69) is 35.2 Å². The fourth-order valence-corrected chi connectivity index (χ4v) is 3.85. The van der Waals surface area contributed by atoms with Crippen molar-refractivity contribution >= 4 is 11.7 Å². The topological polar surface area (TPSA) is 29.5 Å². The van der Waals surface area contributed by atoms with E-state index >= 15 is 0 Å². The Bertz CT molecular complexity index is 459. The van der Waals surface area contributed by atoms with Crippen LogP contribution in [-0.4, -0.2) is 25.2 Å². The molecule has 1 aliphatic carbocycles.